The highest BCUT2D eigenvalue weighted by atomic mass is 16.3. The van der Waals surface area contributed by atoms with Crippen LogP contribution in [0.4, 0.5) is 0 Å². The molecule has 0 saturated carbocycles. The van der Waals surface area contributed by atoms with Gasteiger partial charge in [-0.05, 0) is 28.8 Å². The van der Waals surface area contributed by atoms with Gasteiger partial charge in [0.15, 0.2) is 0 Å². The molecule has 0 N–H and O–H groups in total. The van der Waals surface area contributed by atoms with Crippen molar-refractivity contribution < 1.29 is 4.42 Å². The maximum absolute atomic E-state index is 5.43. The Morgan fingerprint density at radius 3 is 2.59 bits per heavy atom. The van der Waals surface area contributed by atoms with E-state index in [2.05, 4.69) is 24.8 Å². The van der Waals surface area contributed by atoms with E-state index in [0.717, 1.165) is 16.5 Å². The lowest BCUT2D eigenvalue weighted by Gasteiger charge is -2.06. The molecule has 0 saturated heterocycles. The van der Waals surface area contributed by atoms with Crippen LogP contribution >= 0.6 is 0 Å². The van der Waals surface area contributed by atoms with E-state index in [1.54, 1.807) is 6.26 Å². The first-order valence-electron chi connectivity index (χ1n) is 5.58. The quantitative estimate of drug-likeness (QED) is 0.607. The van der Waals surface area contributed by atoms with Crippen LogP contribution in [-0.2, 0) is 0 Å². The highest BCUT2D eigenvalue weighted by molar-refractivity contribution is 5.95. The summed E-state index contributed by atoms with van der Waals surface area (Å²) in [6, 6.07) is 16.4. The fourth-order valence-electron chi connectivity index (χ4n) is 2.15. The SMILES string of the molecule is C=Cc1ccccc1-c1cccc2occc12. The van der Waals surface area contributed by atoms with Gasteiger partial charge in [-0.25, -0.2) is 0 Å². The normalized spacial score (nSPS) is 10.6. The van der Waals surface area contributed by atoms with Crippen molar-refractivity contribution in [1.29, 1.82) is 0 Å². The van der Waals surface area contributed by atoms with E-state index in [-0.39, 0.29) is 0 Å². The second kappa shape index (κ2) is 3.95. The van der Waals surface area contributed by atoms with E-state index in [9.17, 15) is 0 Å². The second-order valence-electron chi connectivity index (χ2n) is 3.93. The van der Waals surface area contributed by atoms with Crippen molar-refractivity contribution >= 4 is 17.0 Å². The largest absolute Gasteiger partial charge is 0.464 e. The molecule has 1 aromatic heterocycles. The van der Waals surface area contributed by atoms with Gasteiger partial charge in [-0.3, -0.25) is 0 Å². The summed E-state index contributed by atoms with van der Waals surface area (Å²) < 4.78 is 5.43. The summed E-state index contributed by atoms with van der Waals surface area (Å²) in [6.07, 6.45) is 3.61. The third-order valence-electron chi connectivity index (χ3n) is 2.97. The van der Waals surface area contributed by atoms with Gasteiger partial charge in [0.05, 0.1) is 6.26 Å². The van der Waals surface area contributed by atoms with Crippen molar-refractivity contribution in [2.75, 3.05) is 0 Å². The van der Waals surface area contributed by atoms with Crippen LogP contribution in [0, 0.1) is 0 Å². The standard InChI is InChI=1S/C16H12O/c1-2-12-6-3-4-7-13(12)14-8-5-9-16-15(14)10-11-17-16/h2-11H,1H2. The highest BCUT2D eigenvalue weighted by Crippen LogP contribution is 2.31. The van der Waals surface area contributed by atoms with Gasteiger partial charge in [-0.2, -0.15) is 0 Å². The molecule has 0 aliphatic heterocycles. The van der Waals surface area contributed by atoms with Crippen molar-refractivity contribution in [3.8, 4) is 11.1 Å². The maximum atomic E-state index is 5.43. The molecule has 3 aromatic rings. The first kappa shape index (κ1) is 9.91. The predicted molar refractivity (Wildman–Crippen MR) is 71.7 cm³/mol. The number of hydrogen-bond donors (Lipinski definition) is 0. The first-order chi connectivity index (χ1) is 8.40. The molecular formula is C16H12O. The van der Waals surface area contributed by atoms with Crippen molar-refractivity contribution in [2.24, 2.45) is 0 Å². The van der Waals surface area contributed by atoms with E-state index in [1.165, 1.54) is 11.1 Å². The molecule has 0 aliphatic carbocycles. The van der Waals surface area contributed by atoms with Gasteiger partial charge < -0.3 is 4.42 Å². The smallest absolute Gasteiger partial charge is 0.134 e. The lowest BCUT2D eigenvalue weighted by atomic mass is 9.97. The Morgan fingerprint density at radius 2 is 1.71 bits per heavy atom. The van der Waals surface area contributed by atoms with E-state index in [1.807, 2.05) is 36.4 Å². The number of furan rings is 1. The number of fused-ring (bicyclic) bond motifs is 1. The zero-order valence-corrected chi connectivity index (χ0v) is 9.39. The summed E-state index contributed by atoms with van der Waals surface area (Å²) in [5.41, 5.74) is 4.43. The van der Waals surface area contributed by atoms with Gasteiger partial charge in [0.2, 0.25) is 0 Å². The van der Waals surface area contributed by atoms with Crippen LogP contribution in [0.5, 0.6) is 0 Å². The molecule has 82 valence electrons. The molecule has 0 spiro atoms. The minimum Gasteiger partial charge on any atom is -0.464 e. The molecule has 0 amide bonds. The Kier molecular flexibility index (Phi) is 2.30. The fourth-order valence-corrected chi connectivity index (χ4v) is 2.15. The van der Waals surface area contributed by atoms with E-state index in [4.69, 9.17) is 4.42 Å². The second-order valence-corrected chi connectivity index (χ2v) is 3.93. The van der Waals surface area contributed by atoms with Crippen molar-refractivity contribution in [3.05, 3.63) is 66.9 Å². The summed E-state index contributed by atoms with van der Waals surface area (Å²) in [4.78, 5) is 0. The summed E-state index contributed by atoms with van der Waals surface area (Å²) >= 11 is 0. The highest BCUT2D eigenvalue weighted by Gasteiger charge is 2.07. The molecule has 17 heavy (non-hydrogen) atoms. The van der Waals surface area contributed by atoms with Crippen molar-refractivity contribution in [2.45, 2.75) is 0 Å². The minimum absolute atomic E-state index is 0.918. The Morgan fingerprint density at radius 1 is 0.882 bits per heavy atom. The molecule has 0 unspecified atom stereocenters. The average molecular weight is 220 g/mol. The Bertz CT molecular complexity index is 677. The van der Waals surface area contributed by atoms with Crippen LogP contribution in [0.15, 0.2) is 65.8 Å². The maximum Gasteiger partial charge on any atom is 0.134 e. The molecule has 2 aromatic carbocycles. The minimum atomic E-state index is 0.918. The molecule has 1 heteroatoms. The van der Waals surface area contributed by atoms with Crippen LogP contribution < -0.4 is 0 Å². The lowest BCUT2D eigenvalue weighted by Crippen LogP contribution is -1.82. The van der Waals surface area contributed by atoms with Gasteiger partial charge in [-0.1, -0.05) is 49.1 Å². The van der Waals surface area contributed by atoms with Crippen LogP contribution in [0.2, 0.25) is 0 Å². The molecule has 3 rings (SSSR count). The first-order valence-corrected chi connectivity index (χ1v) is 5.58. The van der Waals surface area contributed by atoms with Crippen LogP contribution in [0.25, 0.3) is 28.2 Å². The molecular weight excluding hydrogens is 208 g/mol. The summed E-state index contributed by atoms with van der Waals surface area (Å²) in [5.74, 6) is 0. The van der Waals surface area contributed by atoms with Crippen LogP contribution in [-0.4, -0.2) is 0 Å². The van der Waals surface area contributed by atoms with Gasteiger partial charge >= 0.3 is 0 Å². The molecule has 0 bridgehead atoms. The monoisotopic (exact) mass is 220 g/mol. The van der Waals surface area contributed by atoms with Gasteiger partial charge in [0.25, 0.3) is 0 Å². The third-order valence-corrected chi connectivity index (χ3v) is 2.97. The molecule has 0 aliphatic rings. The van der Waals surface area contributed by atoms with Gasteiger partial charge in [0, 0.05) is 5.39 Å². The lowest BCUT2D eigenvalue weighted by molar-refractivity contribution is 0.616. The van der Waals surface area contributed by atoms with E-state index < -0.39 is 0 Å². The zero-order valence-electron chi connectivity index (χ0n) is 9.39. The topological polar surface area (TPSA) is 13.1 Å². The summed E-state index contributed by atoms with van der Waals surface area (Å²) in [5, 5.41) is 1.14. The molecule has 1 heterocycles. The van der Waals surface area contributed by atoms with Crippen LogP contribution in [0.1, 0.15) is 5.56 Å². The third kappa shape index (κ3) is 1.56. The van der Waals surface area contributed by atoms with Gasteiger partial charge in [0.1, 0.15) is 5.58 Å². The Hall–Kier alpha value is -2.28. The van der Waals surface area contributed by atoms with Crippen molar-refractivity contribution in [3.63, 3.8) is 0 Å². The molecule has 1 nitrogen and oxygen atoms in total. The number of hydrogen-bond acceptors (Lipinski definition) is 1. The van der Waals surface area contributed by atoms with E-state index >= 15 is 0 Å². The Labute approximate surface area is 100 Å². The van der Waals surface area contributed by atoms with Crippen LogP contribution in [0.3, 0.4) is 0 Å². The zero-order chi connectivity index (χ0) is 11.7. The average Bonchev–Trinajstić information content (AvgIpc) is 2.86. The summed E-state index contributed by atoms with van der Waals surface area (Å²) in [6.45, 7) is 3.86. The van der Waals surface area contributed by atoms with Gasteiger partial charge in [-0.15, -0.1) is 0 Å². The van der Waals surface area contributed by atoms with E-state index in [0.29, 0.717) is 0 Å². The summed E-state index contributed by atoms with van der Waals surface area (Å²) in [7, 11) is 0. The number of rotatable bonds is 2. The Balaban J connectivity index is 2.34. The molecule has 0 fully saturated rings. The predicted octanol–water partition coefficient (Wildman–Crippen LogP) is 4.74. The molecule has 0 atom stereocenters. The van der Waals surface area contributed by atoms with Crippen molar-refractivity contribution in [1.82, 2.24) is 0 Å². The number of benzene rings is 2. The molecule has 0 radical (unpaired) electrons. The fraction of sp³-hybridized carbons (Fsp3) is 0.